The minimum atomic E-state index is -3.47. The fourth-order valence-electron chi connectivity index (χ4n) is 1.72. The van der Waals surface area contributed by atoms with Crippen molar-refractivity contribution in [1.82, 2.24) is 5.16 Å². The van der Waals surface area contributed by atoms with Crippen molar-refractivity contribution in [2.75, 3.05) is 19.1 Å². The number of methoxy groups -OCH3 is 1. The van der Waals surface area contributed by atoms with Crippen LogP contribution in [-0.2, 0) is 9.84 Å². The lowest BCUT2D eigenvalue weighted by Gasteiger charge is -2.11. The molecule has 0 atom stereocenters. The number of nitrogen functional groups attached to an aromatic ring is 1. The summed E-state index contributed by atoms with van der Waals surface area (Å²) in [5.41, 5.74) is 6.45. The number of hydrogen-bond acceptors (Lipinski definition) is 6. The first kappa shape index (κ1) is 12.4. The molecule has 2 aromatic rings. The third-order valence-electron chi connectivity index (χ3n) is 2.46. The van der Waals surface area contributed by atoms with E-state index in [2.05, 4.69) is 5.16 Å². The summed E-state index contributed by atoms with van der Waals surface area (Å²) in [4.78, 5) is 0.0717. The molecule has 6 nitrogen and oxygen atoms in total. The average molecular weight is 268 g/mol. The molecule has 0 saturated heterocycles. The van der Waals surface area contributed by atoms with Gasteiger partial charge < -0.3 is 15.0 Å². The standard InChI is InChI=1S/C11H12N2O4S/c1-16-9-5-3-4-7(10(9)18(2,14)15)8-6-13-17-11(8)12/h3-6H,12H2,1-2H3. The number of anilines is 1. The highest BCUT2D eigenvalue weighted by molar-refractivity contribution is 7.91. The van der Waals surface area contributed by atoms with Crippen LogP contribution in [0.3, 0.4) is 0 Å². The van der Waals surface area contributed by atoms with Gasteiger partial charge in [0, 0.05) is 11.8 Å². The third kappa shape index (κ3) is 2.04. The van der Waals surface area contributed by atoms with E-state index < -0.39 is 9.84 Å². The van der Waals surface area contributed by atoms with Gasteiger partial charge in [0.15, 0.2) is 9.84 Å². The van der Waals surface area contributed by atoms with Crippen molar-refractivity contribution in [3.05, 3.63) is 24.4 Å². The van der Waals surface area contributed by atoms with Crippen LogP contribution in [0.1, 0.15) is 0 Å². The summed E-state index contributed by atoms with van der Waals surface area (Å²) in [6, 6.07) is 4.88. The van der Waals surface area contributed by atoms with Gasteiger partial charge in [-0.15, -0.1) is 0 Å². The zero-order valence-electron chi connectivity index (χ0n) is 9.88. The molecule has 0 aliphatic heterocycles. The third-order valence-corrected chi connectivity index (χ3v) is 3.62. The second-order valence-electron chi connectivity index (χ2n) is 3.71. The Morgan fingerprint density at radius 2 is 2.06 bits per heavy atom. The Hall–Kier alpha value is -2.02. The first-order chi connectivity index (χ1) is 8.45. The molecule has 2 rings (SSSR count). The molecular formula is C11H12N2O4S. The van der Waals surface area contributed by atoms with Crippen molar-refractivity contribution in [1.29, 1.82) is 0 Å². The molecule has 1 aromatic heterocycles. The molecule has 0 aliphatic carbocycles. The molecule has 0 radical (unpaired) electrons. The summed E-state index contributed by atoms with van der Waals surface area (Å²) < 4.78 is 33.6. The second-order valence-corrected chi connectivity index (χ2v) is 5.67. The van der Waals surface area contributed by atoms with Crippen molar-refractivity contribution >= 4 is 15.7 Å². The molecule has 0 spiro atoms. The van der Waals surface area contributed by atoms with Crippen LogP contribution in [0.4, 0.5) is 5.88 Å². The summed E-state index contributed by atoms with van der Waals surface area (Å²) >= 11 is 0. The number of hydrogen-bond donors (Lipinski definition) is 1. The summed E-state index contributed by atoms with van der Waals surface area (Å²) in [5, 5.41) is 3.54. The SMILES string of the molecule is COc1cccc(-c2cnoc2N)c1S(C)(=O)=O. The molecule has 0 fully saturated rings. The van der Waals surface area contributed by atoms with Gasteiger partial charge in [-0.3, -0.25) is 0 Å². The zero-order valence-corrected chi connectivity index (χ0v) is 10.7. The first-order valence-corrected chi connectivity index (χ1v) is 6.92. The number of benzene rings is 1. The number of aromatic nitrogens is 1. The van der Waals surface area contributed by atoms with Crippen molar-refractivity contribution in [3.63, 3.8) is 0 Å². The molecule has 1 aromatic carbocycles. The Kier molecular flexibility index (Phi) is 3.00. The first-order valence-electron chi connectivity index (χ1n) is 5.02. The topological polar surface area (TPSA) is 95.4 Å². The maximum Gasteiger partial charge on any atom is 0.229 e. The summed E-state index contributed by atoms with van der Waals surface area (Å²) in [7, 11) is -2.06. The Balaban J connectivity index is 2.81. The highest BCUT2D eigenvalue weighted by atomic mass is 32.2. The average Bonchev–Trinajstić information content (AvgIpc) is 2.73. The van der Waals surface area contributed by atoms with Gasteiger partial charge in [0.1, 0.15) is 10.6 Å². The molecule has 18 heavy (non-hydrogen) atoms. The quantitative estimate of drug-likeness (QED) is 0.902. The number of rotatable bonds is 3. The Labute approximate surface area is 104 Å². The molecule has 0 bridgehead atoms. The van der Waals surface area contributed by atoms with E-state index >= 15 is 0 Å². The predicted molar refractivity (Wildman–Crippen MR) is 66.0 cm³/mol. The van der Waals surface area contributed by atoms with E-state index in [9.17, 15) is 8.42 Å². The summed E-state index contributed by atoms with van der Waals surface area (Å²) in [6.45, 7) is 0. The smallest absolute Gasteiger partial charge is 0.229 e. The fourth-order valence-corrected chi connectivity index (χ4v) is 2.82. The molecular weight excluding hydrogens is 256 g/mol. The highest BCUT2D eigenvalue weighted by Gasteiger charge is 2.22. The number of sulfone groups is 1. The van der Waals surface area contributed by atoms with E-state index in [0.29, 0.717) is 11.1 Å². The van der Waals surface area contributed by atoms with Gasteiger partial charge in [0.05, 0.1) is 18.9 Å². The van der Waals surface area contributed by atoms with Crippen LogP contribution in [0.5, 0.6) is 5.75 Å². The van der Waals surface area contributed by atoms with Gasteiger partial charge in [-0.2, -0.15) is 0 Å². The molecule has 0 unspecified atom stereocenters. The predicted octanol–water partition coefficient (Wildman–Crippen LogP) is 1.34. The minimum Gasteiger partial charge on any atom is -0.495 e. The number of nitrogens with two attached hydrogens (primary N) is 1. The van der Waals surface area contributed by atoms with Crippen LogP contribution < -0.4 is 10.5 Å². The molecule has 2 N–H and O–H groups in total. The van der Waals surface area contributed by atoms with Crippen molar-refractivity contribution in [2.24, 2.45) is 0 Å². The monoisotopic (exact) mass is 268 g/mol. The van der Waals surface area contributed by atoms with Crippen molar-refractivity contribution in [2.45, 2.75) is 4.90 Å². The van der Waals surface area contributed by atoms with Gasteiger partial charge in [0.25, 0.3) is 0 Å². The van der Waals surface area contributed by atoms with E-state index in [-0.39, 0.29) is 16.5 Å². The molecule has 7 heteroatoms. The molecule has 0 saturated carbocycles. The van der Waals surface area contributed by atoms with Gasteiger partial charge >= 0.3 is 0 Å². The maximum atomic E-state index is 11.9. The lowest BCUT2D eigenvalue weighted by atomic mass is 10.1. The van der Waals surface area contributed by atoms with E-state index in [1.807, 2.05) is 0 Å². The highest BCUT2D eigenvalue weighted by Crippen LogP contribution is 2.36. The van der Waals surface area contributed by atoms with Crippen LogP contribution in [0.15, 0.2) is 33.8 Å². The second kappa shape index (κ2) is 4.34. The van der Waals surface area contributed by atoms with E-state index in [0.717, 1.165) is 6.26 Å². The van der Waals surface area contributed by atoms with Crippen LogP contribution in [0.25, 0.3) is 11.1 Å². The van der Waals surface area contributed by atoms with E-state index in [4.69, 9.17) is 15.0 Å². The van der Waals surface area contributed by atoms with Gasteiger partial charge in [-0.05, 0) is 6.07 Å². The van der Waals surface area contributed by atoms with Crippen LogP contribution in [0.2, 0.25) is 0 Å². The van der Waals surface area contributed by atoms with Crippen LogP contribution >= 0.6 is 0 Å². The molecule has 0 amide bonds. The van der Waals surface area contributed by atoms with Gasteiger partial charge in [-0.25, -0.2) is 8.42 Å². The van der Waals surface area contributed by atoms with Crippen LogP contribution in [-0.4, -0.2) is 26.9 Å². The zero-order chi connectivity index (χ0) is 13.3. The van der Waals surface area contributed by atoms with Gasteiger partial charge in [0.2, 0.25) is 5.88 Å². The van der Waals surface area contributed by atoms with Gasteiger partial charge in [-0.1, -0.05) is 17.3 Å². The maximum absolute atomic E-state index is 11.9. The summed E-state index contributed by atoms with van der Waals surface area (Å²) in [5.74, 6) is 0.323. The Bertz CT molecular complexity index is 676. The summed E-state index contributed by atoms with van der Waals surface area (Å²) in [6.07, 6.45) is 2.48. The Morgan fingerprint density at radius 3 is 2.56 bits per heavy atom. The Morgan fingerprint density at radius 1 is 1.33 bits per heavy atom. The number of nitrogens with zero attached hydrogens (tertiary/aromatic N) is 1. The van der Waals surface area contributed by atoms with Crippen molar-refractivity contribution < 1.29 is 17.7 Å². The minimum absolute atomic E-state index is 0.0631. The van der Waals surface area contributed by atoms with Crippen molar-refractivity contribution in [3.8, 4) is 16.9 Å². The van der Waals surface area contributed by atoms with E-state index in [1.165, 1.54) is 13.3 Å². The molecule has 96 valence electrons. The van der Waals surface area contributed by atoms with E-state index in [1.54, 1.807) is 18.2 Å². The lowest BCUT2D eigenvalue weighted by Crippen LogP contribution is -2.03. The lowest BCUT2D eigenvalue weighted by molar-refractivity contribution is 0.403. The molecule has 1 heterocycles. The normalized spacial score (nSPS) is 11.4. The number of ether oxygens (including phenoxy) is 1. The largest absolute Gasteiger partial charge is 0.495 e. The fraction of sp³-hybridized carbons (Fsp3) is 0.182. The molecule has 0 aliphatic rings. The van der Waals surface area contributed by atoms with Crippen LogP contribution in [0, 0.1) is 0 Å².